The molecule has 0 fully saturated rings. The molecule has 0 N–H and O–H groups in total. The van der Waals surface area contributed by atoms with Crippen LogP contribution in [0.3, 0.4) is 0 Å². The van der Waals surface area contributed by atoms with Gasteiger partial charge in [0.05, 0.1) is 0 Å². The molecule has 78 valence electrons. The fraction of sp³-hybridized carbons (Fsp3) is 0.500. The van der Waals surface area contributed by atoms with Crippen molar-refractivity contribution in [3.8, 4) is 0 Å². The Hall–Kier alpha value is -0.470. The lowest BCUT2D eigenvalue weighted by Gasteiger charge is -2.20. The first-order valence-corrected chi connectivity index (χ1v) is 5.87. The standard InChI is InChI=1S/C12H19NS/c1-2-8-13(9-10-14)11-12-6-4-3-5-7-12/h3-7,14H,2,8-11H2,1H3. The van der Waals surface area contributed by atoms with Crippen molar-refractivity contribution in [2.75, 3.05) is 18.8 Å². The molecule has 0 aliphatic heterocycles. The third kappa shape index (κ3) is 4.16. The summed E-state index contributed by atoms with van der Waals surface area (Å²) in [6.45, 7) is 5.51. The van der Waals surface area contributed by atoms with E-state index < -0.39 is 0 Å². The number of benzene rings is 1. The largest absolute Gasteiger partial charge is 0.298 e. The van der Waals surface area contributed by atoms with E-state index in [1.807, 2.05) is 0 Å². The molecule has 0 aromatic heterocycles. The molecule has 0 unspecified atom stereocenters. The van der Waals surface area contributed by atoms with Crippen molar-refractivity contribution in [3.05, 3.63) is 35.9 Å². The number of hydrogen-bond acceptors (Lipinski definition) is 2. The molecule has 0 atom stereocenters. The molecule has 0 spiro atoms. The van der Waals surface area contributed by atoms with Gasteiger partial charge in [-0.25, -0.2) is 0 Å². The molecule has 0 radical (unpaired) electrons. The summed E-state index contributed by atoms with van der Waals surface area (Å²) in [5, 5.41) is 0. The van der Waals surface area contributed by atoms with Crippen molar-refractivity contribution in [2.24, 2.45) is 0 Å². The Morgan fingerprint density at radius 1 is 1.14 bits per heavy atom. The van der Waals surface area contributed by atoms with E-state index in [1.165, 1.54) is 12.0 Å². The van der Waals surface area contributed by atoms with E-state index in [1.54, 1.807) is 0 Å². The first-order valence-electron chi connectivity index (χ1n) is 5.24. The van der Waals surface area contributed by atoms with Crippen molar-refractivity contribution < 1.29 is 0 Å². The van der Waals surface area contributed by atoms with Crippen LogP contribution in [0.15, 0.2) is 30.3 Å². The fourth-order valence-corrected chi connectivity index (χ4v) is 1.85. The maximum absolute atomic E-state index is 4.28. The molecule has 2 heteroatoms. The summed E-state index contributed by atoms with van der Waals surface area (Å²) in [5.74, 6) is 0.937. The van der Waals surface area contributed by atoms with Crippen LogP contribution in [0.5, 0.6) is 0 Å². The second-order valence-corrected chi connectivity index (χ2v) is 3.93. The normalized spacial score (nSPS) is 10.8. The van der Waals surface area contributed by atoms with Gasteiger partial charge >= 0.3 is 0 Å². The zero-order valence-electron chi connectivity index (χ0n) is 8.82. The van der Waals surface area contributed by atoms with Crippen LogP contribution >= 0.6 is 12.6 Å². The Kier molecular flexibility index (Phi) is 5.72. The highest BCUT2D eigenvalue weighted by atomic mass is 32.1. The first-order chi connectivity index (χ1) is 6.86. The molecule has 0 amide bonds. The third-order valence-corrected chi connectivity index (χ3v) is 2.41. The molecule has 0 bridgehead atoms. The fourth-order valence-electron chi connectivity index (χ4n) is 1.57. The second kappa shape index (κ2) is 6.91. The quantitative estimate of drug-likeness (QED) is 0.705. The van der Waals surface area contributed by atoms with E-state index in [9.17, 15) is 0 Å². The van der Waals surface area contributed by atoms with Gasteiger partial charge in [-0.05, 0) is 18.5 Å². The predicted octanol–water partition coefficient (Wildman–Crippen LogP) is 2.83. The van der Waals surface area contributed by atoms with Crippen molar-refractivity contribution in [1.82, 2.24) is 4.90 Å². The molecule has 1 aromatic rings. The molecule has 0 aliphatic carbocycles. The summed E-state index contributed by atoms with van der Waals surface area (Å²) in [7, 11) is 0. The molecule has 0 heterocycles. The maximum Gasteiger partial charge on any atom is 0.0234 e. The van der Waals surface area contributed by atoms with Gasteiger partial charge in [-0.3, -0.25) is 4.90 Å². The topological polar surface area (TPSA) is 3.24 Å². The van der Waals surface area contributed by atoms with Crippen LogP contribution in [0.4, 0.5) is 0 Å². The molecule has 0 saturated carbocycles. The smallest absolute Gasteiger partial charge is 0.0234 e. The SMILES string of the molecule is CCCN(CCS)Cc1ccccc1. The van der Waals surface area contributed by atoms with Gasteiger partial charge in [0.2, 0.25) is 0 Å². The Labute approximate surface area is 92.5 Å². The van der Waals surface area contributed by atoms with Gasteiger partial charge < -0.3 is 0 Å². The van der Waals surface area contributed by atoms with Crippen LogP contribution in [0.1, 0.15) is 18.9 Å². The third-order valence-electron chi connectivity index (χ3n) is 2.21. The molecule has 0 saturated heterocycles. The van der Waals surface area contributed by atoms with Gasteiger partial charge in [-0.1, -0.05) is 37.3 Å². The first kappa shape index (κ1) is 11.6. The molecule has 1 aromatic carbocycles. The van der Waals surface area contributed by atoms with E-state index >= 15 is 0 Å². The molecular weight excluding hydrogens is 190 g/mol. The highest BCUT2D eigenvalue weighted by Crippen LogP contribution is 2.04. The Morgan fingerprint density at radius 3 is 2.43 bits per heavy atom. The zero-order valence-corrected chi connectivity index (χ0v) is 9.71. The van der Waals surface area contributed by atoms with Crippen molar-refractivity contribution >= 4 is 12.6 Å². The highest BCUT2D eigenvalue weighted by molar-refractivity contribution is 7.80. The van der Waals surface area contributed by atoms with E-state index in [4.69, 9.17) is 0 Å². The molecule has 14 heavy (non-hydrogen) atoms. The predicted molar refractivity (Wildman–Crippen MR) is 65.9 cm³/mol. The van der Waals surface area contributed by atoms with E-state index in [-0.39, 0.29) is 0 Å². The van der Waals surface area contributed by atoms with Crippen molar-refractivity contribution in [3.63, 3.8) is 0 Å². The minimum atomic E-state index is 0.937. The summed E-state index contributed by atoms with van der Waals surface area (Å²) < 4.78 is 0. The lowest BCUT2D eigenvalue weighted by Crippen LogP contribution is -2.26. The van der Waals surface area contributed by atoms with Crippen LogP contribution in [-0.2, 0) is 6.54 Å². The van der Waals surface area contributed by atoms with Gasteiger partial charge in [-0.15, -0.1) is 0 Å². The molecule has 1 nitrogen and oxygen atoms in total. The van der Waals surface area contributed by atoms with Crippen molar-refractivity contribution in [2.45, 2.75) is 19.9 Å². The van der Waals surface area contributed by atoms with Crippen LogP contribution in [0, 0.1) is 0 Å². The van der Waals surface area contributed by atoms with Gasteiger partial charge in [0.25, 0.3) is 0 Å². The number of rotatable bonds is 6. The average molecular weight is 209 g/mol. The Bertz CT molecular complexity index is 229. The van der Waals surface area contributed by atoms with Crippen molar-refractivity contribution in [1.29, 1.82) is 0 Å². The lowest BCUT2D eigenvalue weighted by atomic mass is 10.2. The van der Waals surface area contributed by atoms with E-state index in [0.29, 0.717) is 0 Å². The lowest BCUT2D eigenvalue weighted by molar-refractivity contribution is 0.283. The molecule has 0 aliphatic rings. The average Bonchev–Trinajstić information content (AvgIpc) is 2.20. The summed E-state index contributed by atoms with van der Waals surface area (Å²) in [6.07, 6.45) is 1.21. The summed E-state index contributed by atoms with van der Waals surface area (Å²) in [4.78, 5) is 2.45. The van der Waals surface area contributed by atoms with Gasteiger partial charge in [0.1, 0.15) is 0 Å². The van der Waals surface area contributed by atoms with Gasteiger partial charge in [-0.2, -0.15) is 12.6 Å². The summed E-state index contributed by atoms with van der Waals surface area (Å²) in [6, 6.07) is 10.6. The molecular formula is C12H19NS. The van der Waals surface area contributed by atoms with E-state index in [0.717, 1.165) is 25.4 Å². The monoisotopic (exact) mass is 209 g/mol. The zero-order chi connectivity index (χ0) is 10.2. The Morgan fingerprint density at radius 2 is 1.86 bits per heavy atom. The molecule has 1 rings (SSSR count). The van der Waals surface area contributed by atoms with Crippen LogP contribution in [-0.4, -0.2) is 23.7 Å². The Balaban J connectivity index is 2.46. The van der Waals surface area contributed by atoms with Crippen LogP contribution in [0.2, 0.25) is 0 Å². The second-order valence-electron chi connectivity index (χ2n) is 3.49. The van der Waals surface area contributed by atoms with Gasteiger partial charge in [0, 0.05) is 18.8 Å². The minimum Gasteiger partial charge on any atom is -0.298 e. The van der Waals surface area contributed by atoms with Gasteiger partial charge in [0.15, 0.2) is 0 Å². The van der Waals surface area contributed by atoms with E-state index in [2.05, 4.69) is 54.8 Å². The van der Waals surface area contributed by atoms with Crippen LogP contribution < -0.4 is 0 Å². The minimum absolute atomic E-state index is 0.937. The summed E-state index contributed by atoms with van der Waals surface area (Å²) >= 11 is 4.28. The maximum atomic E-state index is 4.28. The number of hydrogen-bond donors (Lipinski definition) is 1. The summed E-state index contributed by atoms with van der Waals surface area (Å²) in [5.41, 5.74) is 1.39. The number of thiol groups is 1. The highest BCUT2D eigenvalue weighted by Gasteiger charge is 2.02. The number of nitrogens with zero attached hydrogens (tertiary/aromatic N) is 1. The van der Waals surface area contributed by atoms with Crippen LogP contribution in [0.25, 0.3) is 0 Å².